The number of carbonyl (C=O) groups is 2. The maximum absolute atomic E-state index is 13.3. The number of hydrogen-bond donors (Lipinski definition) is 1. The van der Waals surface area contributed by atoms with Crippen LogP contribution >= 0.6 is 0 Å². The molecule has 2 amide bonds. The van der Waals surface area contributed by atoms with E-state index in [1.807, 2.05) is 83.1 Å². The number of carbonyl (C=O) groups excluding carboxylic acids is 2. The molecule has 2 aromatic carbocycles. The van der Waals surface area contributed by atoms with E-state index in [1.54, 1.807) is 4.90 Å². The fourth-order valence-corrected chi connectivity index (χ4v) is 3.23. The fourth-order valence-electron chi connectivity index (χ4n) is 3.23. The van der Waals surface area contributed by atoms with Crippen LogP contribution in [0.15, 0.2) is 48.5 Å². The molecule has 4 heteroatoms. The van der Waals surface area contributed by atoms with Crippen LogP contribution in [0.4, 0.5) is 0 Å². The van der Waals surface area contributed by atoms with Gasteiger partial charge in [-0.25, -0.2) is 0 Å². The molecule has 0 aliphatic heterocycles. The topological polar surface area (TPSA) is 49.4 Å². The van der Waals surface area contributed by atoms with Crippen LogP contribution in [-0.2, 0) is 22.6 Å². The highest BCUT2D eigenvalue weighted by Crippen LogP contribution is 2.16. The third-order valence-corrected chi connectivity index (χ3v) is 5.34. The summed E-state index contributed by atoms with van der Waals surface area (Å²) in [5, 5.41) is 3.05. The van der Waals surface area contributed by atoms with E-state index in [9.17, 15) is 9.59 Å². The zero-order valence-electron chi connectivity index (χ0n) is 18.4. The highest BCUT2D eigenvalue weighted by molar-refractivity contribution is 5.88. The van der Waals surface area contributed by atoms with E-state index < -0.39 is 6.04 Å². The van der Waals surface area contributed by atoms with Crippen LogP contribution in [0.5, 0.6) is 0 Å². The molecule has 29 heavy (non-hydrogen) atoms. The Bertz CT molecular complexity index is 797. The predicted molar refractivity (Wildman–Crippen MR) is 119 cm³/mol. The summed E-state index contributed by atoms with van der Waals surface area (Å²) in [5.41, 5.74) is 4.33. The number of benzene rings is 2. The molecule has 0 aromatic heterocycles. The third-order valence-electron chi connectivity index (χ3n) is 5.34. The number of nitrogens with zero attached hydrogens (tertiary/aromatic N) is 1. The molecule has 1 N–H and O–H groups in total. The molecule has 0 saturated heterocycles. The average molecular weight is 395 g/mol. The van der Waals surface area contributed by atoms with Gasteiger partial charge in [-0.1, -0.05) is 73.5 Å². The van der Waals surface area contributed by atoms with Crippen molar-refractivity contribution in [1.82, 2.24) is 10.2 Å². The molecule has 0 heterocycles. The van der Waals surface area contributed by atoms with E-state index in [1.165, 1.54) is 5.56 Å². The van der Waals surface area contributed by atoms with Crippen molar-refractivity contribution in [3.05, 3.63) is 70.8 Å². The van der Waals surface area contributed by atoms with Crippen LogP contribution in [0, 0.1) is 13.8 Å². The monoisotopic (exact) mass is 394 g/mol. The van der Waals surface area contributed by atoms with Gasteiger partial charge in [0.25, 0.3) is 0 Å². The van der Waals surface area contributed by atoms with Gasteiger partial charge in [0.1, 0.15) is 6.04 Å². The van der Waals surface area contributed by atoms with Crippen molar-refractivity contribution < 1.29 is 9.59 Å². The summed E-state index contributed by atoms with van der Waals surface area (Å²) in [7, 11) is 0. The van der Waals surface area contributed by atoms with Crippen molar-refractivity contribution >= 4 is 11.8 Å². The van der Waals surface area contributed by atoms with Crippen LogP contribution in [0.2, 0.25) is 0 Å². The molecule has 2 atom stereocenters. The Labute approximate surface area is 175 Å². The van der Waals surface area contributed by atoms with E-state index >= 15 is 0 Å². The van der Waals surface area contributed by atoms with Crippen molar-refractivity contribution in [3.63, 3.8) is 0 Å². The maximum atomic E-state index is 13.3. The Morgan fingerprint density at radius 2 is 1.38 bits per heavy atom. The highest BCUT2D eigenvalue weighted by atomic mass is 16.2. The molecule has 0 spiro atoms. The average Bonchev–Trinajstić information content (AvgIpc) is 2.70. The van der Waals surface area contributed by atoms with Crippen LogP contribution in [-0.4, -0.2) is 28.8 Å². The molecule has 0 saturated carbocycles. The lowest BCUT2D eigenvalue weighted by atomic mass is 10.0. The molecule has 2 aromatic rings. The Kier molecular flexibility index (Phi) is 8.44. The molecule has 2 rings (SSSR count). The van der Waals surface area contributed by atoms with E-state index in [0.717, 1.165) is 23.1 Å². The lowest BCUT2D eigenvalue weighted by Crippen LogP contribution is -2.51. The molecule has 0 bridgehead atoms. The van der Waals surface area contributed by atoms with Gasteiger partial charge in [0, 0.05) is 12.6 Å². The molecule has 4 nitrogen and oxygen atoms in total. The Morgan fingerprint density at radius 3 is 1.86 bits per heavy atom. The van der Waals surface area contributed by atoms with Gasteiger partial charge >= 0.3 is 0 Å². The van der Waals surface area contributed by atoms with Crippen LogP contribution in [0.1, 0.15) is 55.9 Å². The largest absolute Gasteiger partial charge is 0.352 e. The molecule has 156 valence electrons. The van der Waals surface area contributed by atoms with E-state index in [4.69, 9.17) is 0 Å². The summed E-state index contributed by atoms with van der Waals surface area (Å²) in [6.07, 6.45) is 1.73. The fraction of sp³-hybridized carbons (Fsp3) is 0.440. The van der Waals surface area contributed by atoms with Crippen molar-refractivity contribution in [3.8, 4) is 0 Å². The number of hydrogen-bond acceptors (Lipinski definition) is 2. The minimum absolute atomic E-state index is 0.0272. The van der Waals surface area contributed by atoms with Gasteiger partial charge < -0.3 is 10.2 Å². The summed E-state index contributed by atoms with van der Waals surface area (Å²) in [5.74, 6) is -0.105. The number of aryl methyl sites for hydroxylation is 2. The standard InChI is InChI=1S/C25H34N2O2/c1-6-20(5)26-25(29)23(7-2)27(17-22-14-10-19(4)11-15-22)24(28)16-21-12-8-18(3)9-13-21/h8-15,20,23H,6-7,16-17H2,1-5H3,(H,26,29)/t20-,23+/m0/s1. The lowest BCUT2D eigenvalue weighted by Gasteiger charge is -2.31. The third kappa shape index (κ3) is 6.74. The molecular formula is C25H34N2O2. The van der Waals surface area contributed by atoms with Gasteiger partial charge in [-0.15, -0.1) is 0 Å². The summed E-state index contributed by atoms with van der Waals surface area (Å²) in [6.45, 7) is 10.5. The molecule has 0 aliphatic rings. The maximum Gasteiger partial charge on any atom is 0.243 e. The number of amides is 2. The smallest absolute Gasteiger partial charge is 0.243 e. The molecule has 0 radical (unpaired) electrons. The number of nitrogens with one attached hydrogen (secondary N) is 1. The first kappa shape index (κ1) is 22.7. The Balaban J connectivity index is 2.26. The van der Waals surface area contributed by atoms with Gasteiger partial charge in [0.2, 0.25) is 11.8 Å². The predicted octanol–water partition coefficient (Wildman–Crippen LogP) is 4.57. The summed E-state index contributed by atoms with van der Waals surface area (Å²) < 4.78 is 0. The first-order valence-corrected chi connectivity index (χ1v) is 10.5. The molecule has 0 fully saturated rings. The van der Waals surface area contributed by atoms with E-state index in [2.05, 4.69) is 5.32 Å². The molecule has 0 unspecified atom stereocenters. The Hall–Kier alpha value is -2.62. The van der Waals surface area contributed by atoms with Crippen molar-refractivity contribution in [2.24, 2.45) is 0 Å². The lowest BCUT2D eigenvalue weighted by molar-refractivity contribution is -0.141. The summed E-state index contributed by atoms with van der Waals surface area (Å²) >= 11 is 0. The van der Waals surface area contributed by atoms with Gasteiger partial charge in [-0.3, -0.25) is 9.59 Å². The molecular weight excluding hydrogens is 360 g/mol. The van der Waals surface area contributed by atoms with Crippen molar-refractivity contribution in [1.29, 1.82) is 0 Å². The van der Waals surface area contributed by atoms with Crippen LogP contribution < -0.4 is 5.32 Å². The minimum Gasteiger partial charge on any atom is -0.352 e. The SMILES string of the molecule is CC[C@H](C(=O)N[C@@H](C)CC)N(Cc1ccc(C)cc1)C(=O)Cc1ccc(C)cc1. The quantitative estimate of drug-likeness (QED) is 0.677. The van der Waals surface area contributed by atoms with Gasteiger partial charge in [0.15, 0.2) is 0 Å². The highest BCUT2D eigenvalue weighted by Gasteiger charge is 2.29. The normalized spacial score (nSPS) is 12.9. The summed E-state index contributed by atoms with van der Waals surface area (Å²) in [4.78, 5) is 27.9. The minimum atomic E-state index is -0.483. The second-order valence-electron chi connectivity index (χ2n) is 7.91. The second kappa shape index (κ2) is 10.8. The van der Waals surface area contributed by atoms with Gasteiger partial charge in [-0.05, 0) is 44.7 Å². The van der Waals surface area contributed by atoms with Crippen molar-refractivity contribution in [2.45, 2.75) is 72.5 Å². The van der Waals surface area contributed by atoms with Gasteiger partial charge in [0.05, 0.1) is 6.42 Å². The zero-order chi connectivity index (χ0) is 21.4. The zero-order valence-corrected chi connectivity index (χ0v) is 18.4. The van der Waals surface area contributed by atoms with Crippen LogP contribution in [0.3, 0.4) is 0 Å². The number of rotatable bonds is 9. The second-order valence-corrected chi connectivity index (χ2v) is 7.91. The van der Waals surface area contributed by atoms with E-state index in [-0.39, 0.29) is 17.9 Å². The first-order chi connectivity index (χ1) is 13.8. The Morgan fingerprint density at radius 1 is 0.862 bits per heavy atom. The first-order valence-electron chi connectivity index (χ1n) is 10.5. The van der Waals surface area contributed by atoms with E-state index in [0.29, 0.717) is 19.4 Å². The summed E-state index contributed by atoms with van der Waals surface area (Å²) in [6, 6.07) is 15.7. The van der Waals surface area contributed by atoms with Crippen molar-refractivity contribution in [2.75, 3.05) is 0 Å². The van der Waals surface area contributed by atoms with Crippen LogP contribution in [0.25, 0.3) is 0 Å². The van der Waals surface area contributed by atoms with Gasteiger partial charge in [-0.2, -0.15) is 0 Å². The molecule has 0 aliphatic carbocycles.